The van der Waals surface area contributed by atoms with Crippen LogP contribution >= 0.6 is 11.6 Å². The molecule has 0 radical (unpaired) electrons. The average molecular weight is 414 g/mol. The Kier molecular flexibility index (Phi) is 5.41. The van der Waals surface area contributed by atoms with E-state index in [1.54, 1.807) is 6.92 Å². The van der Waals surface area contributed by atoms with Crippen LogP contribution in [0, 0.1) is 0 Å². The summed E-state index contributed by atoms with van der Waals surface area (Å²) in [6.45, 7) is 3.51. The topological polar surface area (TPSA) is 100.0 Å². The van der Waals surface area contributed by atoms with E-state index >= 15 is 0 Å². The summed E-state index contributed by atoms with van der Waals surface area (Å²) >= 11 is 5.78. The van der Waals surface area contributed by atoms with Crippen molar-refractivity contribution in [1.82, 2.24) is 20.1 Å². The van der Waals surface area contributed by atoms with Crippen molar-refractivity contribution in [2.75, 3.05) is 5.73 Å². The molecule has 0 saturated heterocycles. The van der Waals surface area contributed by atoms with Gasteiger partial charge in [-0.15, -0.1) is 0 Å². The van der Waals surface area contributed by atoms with Crippen molar-refractivity contribution in [3.63, 3.8) is 0 Å². The zero-order chi connectivity index (χ0) is 20.5. The van der Waals surface area contributed by atoms with Gasteiger partial charge in [-0.2, -0.15) is 18.2 Å². The van der Waals surface area contributed by atoms with Gasteiger partial charge in [-0.1, -0.05) is 23.7 Å². The number of benzene rings is 1. The van der Waals surface area contributed by atoms with Crippen LogP contribution in [-0.2, 0) is 6.18 Å². The Labute approximate surface area is 162 Å². The van der Waals surface area contributed by atoms with Crippen molar-refractivity contribution in [3.8, 4) is 28.7 Å². The predicted octanol–water partition coefficient (Wildman–Crippen LogP) is 4.63. The molecule has 0 amide bonds. The molecule has 7 nitrogen and oxygen atoms in total. The van der Waals surface area contributed by atoms with E-state index in [4.69, 9.17) is 26.6 Å². The number of aromatic nitrogens is 4. The largest absolute Gasteiger partial charge is 0.490 e. The van der Waals surface area contributed by atoms with Gasteiger partial charge in [0.05, 0.1) is 17.9 Å². The number of nitrogens with two attached hydrogens (primary N) is 1. The van der Waals surface area contributed by atoms with Gasteiger partial charge in [-0.05, 0) is 31.5 Å². The summed E-state index contributed by atoms with van der Waals surface area (Å²) in [6.07, 6.45) is -3.18. The van der Waals surface area contributed by atoms with Gasteiger partial charge in [0.2, 0.25) is 5.82 Å². The first-order valence-corrected chi connectivity index (χ1v) is 8.57. The molecule has 0 spiro atoms. The fraction of sp³-hybridized carbons (Fsp3) is 0.294. The summed E-state index contributed by atoms with van der Waals surface area (Å²) in [5.74, 6) is -0.451. The summed E-state index contributed by atoms with van der Waals surface area (Å²) in [4.78, 5) is 11.8. The van der Waals surface area contributed by atoms with Gasteiger partial charge >= 0.3 is 6.18 Å². The van der Waals surface area contributed by atoms with Crippen LogP contribution in [0.25, 0.3) is 23.0 Å². The first-order chi connectivity index (χ1) is 13.2. The normalized spacial score (nSPS) is 12.8. The highest BCUT2D eigenvalue weighted by Gasteiger charge is 2.35. The van der Waals surface area contributed by atoms with E-state index in [0.717, 1.165) is 6.07 Å². The molecule has 1 aromatic carbocycles. The highest BCUT2D eigenvalue weighted by atomic mass is 35.5. The van der Waals surface area contributed by atoms with Crippen molar-refractivity contribution in [1.29, 1.82) is 0 Å². The van der Waals surface area contributed by atoms with E-state index in [0.29, 0.717) is 6.42 Å². The van der Waals surface area contributed by atoms with Crippen molar-refractivity contribution in [3.05, 3.63) is 35.1 Å². The number of alkyl halides is 3. The average Bonchev–Trinajstić information content (AvgIpc) is 3.13. The zero-order valence-corrected chi connectivity index (χ0v) is 15.5. The molecule has 148 valence electrons. The third-order valence-electron chi connectivity index (χ3n) is 3.84. The molecule has 2 heterocycles. The van der Waals surface area contributed by atoms with Crippen LogP contribution in [0.5, 0.6) is 5.75 Å². The summed E-state index contributed by atoms with van der Waals surface area (Å²) < 4.78 is 50.9. The second-order valence-corrected chi connectivity index (χ2v) is 6.28. The maximum Gasteiger partial charge on any atom is 0.419 e. The first-order valence-electron chi connectivity index (χ1n) is 8.19. The fourth-order valence-corrected chi connectivity index (χ4v) is 2.40. The van der Waals surface area contributed by atoms with E-state index < -0.39 is 11.7 Å². The molecule has 0 bridgehead atoms. The Bertz CT molecular complexity index is 993. The van der Waals surface area contributed by atoms with E-state index in [1.165, 1.54) is 18.3 Å². The third kappa shape index (κ3) is 4.16. The molecule has 2 N–H and O–H groups in total. The lowest BCUT2D eigenvalue weighted by Gasteiger charge is -2.18. The number of hydrogen-bond donors (Lipinski definition) is 1. The Morgan fingerprint density at radius 2 is 2.04 bits per heavy atom. The number of nitrogens with zero attached hydrogens (tertiary/aromatic N) is 4. The predicted molar refractivity (Wildman–Crippen MR) is 95.6 cm³/mol. The molecule has 0 fully saturated rings. The van der Waals surface area contributed by atoms with Gasteiger partial charge in [0.1, 0.15) is 10.9 Å². The van der Waals surface area contributed by atoms with Crippen LogP contribution in [0.2, 0.25) is 5.15 Å². The van der Waals surface area contributed by atoms with Gasteiger partial charge in [-0.3, -0.25) is 0 Å². The standard InChI is InChI=1S/C17H15ClF3N5O2/c1-3-8(2)27-11-5-4-9(6-10(11)17(19,20)21)16-25-15(26-28-16)13-14(22)23-7-12(18)24-13/h4-8H,3H2,1-2H3,(H2,22,23)/t8-/m0/s1. The van der Waals surface area contributed by atoms with Crippen molar-refractivity contribution in [2.24, 2.45) is 0 Å². The highest BCUT2D eigenvalue weighted by Crippen LogP contribution is 2.39. The van der Waals surface area contributed by atoms with E-state index in [-0.39, 0.29) is 45.8 Å². The molecule has 1 atom stereocenters. The molecule has 3 aromatic rings. The molecule has 0 aliphatic carbocycles. The number of anilines is 1. The molecule has 28 heavy (non-hydrogen) atoms. The van der Waals surface area contributed by atoms with Crippen LogP contribution in [-0.4, -0.2) is 26.2 Å². The van der Waals surface area contributed by atoms with Crippen LogP contribution in [0.15, 0.2) is 28.9 Å². The number of rotatable bonds is 5. The molecule has 3 rings (SSSR count). The Balaban J connectivity index is 2.00. The third-order valence-corrected chi connectivity index (χ3v) is 4.03. The molecule has 2 aromatic heterocycles. The molecular formula is C17H15ClF3N5O2. The van der Waals surface area contributed by atoms with Crippen LogP contribution in [0.3, 0.4) is 0 Å². The molecule has 0 unspecified atom stereocenters. The SMILES string of the molecule is CC[C@H](C)Oc1ccc(-c2nc(-c3nc(Cl)cnc3N)no2)cc1C(F)(F)F. The maximum atomic E-state index is 13.5. The Morgan fingerprint density at radius 3 is 2.71 bits per heavy atom. The minimum absolute atomic E-state index is 0.00466. The molecule has 0 aliphatic rings. The van der Waals surface area contributed by atoms with Gasteiger partial charge < -0.3 is 15.0 Å². The molecule has 11 heteroatoms. The minimum Gasteiger partial charge on any atom is -0.490 e. The van der Waals surface area contributed by atoms with E-state index in [1.807, 2.05) is 6.92 Å². The number of nitrogen functional groups attached to an aromatic ring is 1. The minimum atomic E-state index is -4.62. The fourth-order valence-electron chi connectivity index (χ4n) is 2.27. The number of ether oxygens (including phenoxy) is 1. The summed E-state index contributed by atoms with van der Waals surface area (Å²) in [5.41, 5.74) is 4.90. The van der Waals surface area contributed by atoms with Crippen LogP contribution in [0.1, 0.15) is 25.8 Å². The van der Waals surface area contributed by atoms with Crippen LogP contribution < -0.4 is 10.5 Å². The Morgan fingerprint density at radius 1 is 1.29 bits per heavy atom. The van der Waals surface area contributed by atoms with Crippen molar-refractivity contribution >= 4 is 17.4 Å². The van der Waals surface area contributed by atoms with E-state index in [2.05, 4.69) is 20.1 Å². The van der Waals surface area contributed by atoms with Crippen molar-refractivity contribution in [2.45, 2.75) is 32.5 Å². The lowest BCUT2D eigenvalue weighted by molar-refractivity contribution is -0.139. The van der Waals surface area contributed by atoms with Crippen molar-refractivity contribution < 1.29 is 22.4 Å². The lowest BCUT2D eigenvalue weighted by Crippen LogP contribution is -2.15. The molecule has 0 aliphatic heterocycles. The van der Waals surface area contributed by atoms with Gasteiger partial charge in [0.15, 0.2) is 11.5 Å². The maximum absolute atomic E-state index is 13.5. The van der Waals surface area contributed by atoms with Gasteiger partial charge in [0, 0.05) is 5.56 Å². The monoisotopic (exact) mass is 413 g/mol. The number of halogens is 4. The van der Waals surface area contributed by atoms with E-state index in [9.17, 15) is 13.2 Å². The second-order valence-electron chi connectivity index (χ2n) is 5.90. The second kappa shape index (κ2) is 7.63. The lowest BCUT2D eigenvalue weighted by atomic mass is 10.1. The summed E-state index contributed by atoms with van der Waals surface area (Å²) in [5, 5.41) is 3.76. The summed E-state index contributed by atoms with van der Waals surface area (Å²) in [6, 6.07) is 3.51. The number of hydrogen-bond acceptors (Lipinski definition) is 7. The van der Waals surface area contributed by atoms with Gasteiger partial charge in [0.25, 0.3) is 5.89 Å². The quantitative estimate of drug-likeness (QED) is 0.651. The molecular weight excluding hydrogens is 399 g/mol. The smallest absolute Gasteiger partial charge is 0.419 e. The summed E-state index contributed by atoms with van der Waals surface area (Å²) in [7, 11) is 0. The van der Waals surface area contributed by atoms with Crippen LogP contribution in [0.4, 0.5) is 19.0 Å². The highest BCUT2D eigenvalue weighted by molar-refractivity contribution is 6.29. The Hall–Kier alpha value is -2.88. The first kappa shape index (κ1) is 19.9. The molecule has 0 saturated carbocycles. The zero-order valence-electron chi connectivity index (χ0n) is 14.8. The van der Waals surface area contributed by atoms with Gasteiger partial charge in [-0.25, -0.2) is 9.97 Å².